The van der Waals surface area contributed by atoms with Crippen molar-refractivity contribution in [3.8, 4) is 5.75 Å². The molecule has 0 aromatic carbocycles. The van der Waals surface area contributed by atoms with Gasteiger partial charge in [0.2, 0.25) is 0 Å². The number of halogens is 3. The molecule has 0 aliphatic carbocycles. The third-order valence-corrected chi connectivity index (χ3v) is 2.71. The van der Waals surface area contributed by atoms with Crippen LogP contribution in [0.2, 0.25) is 0 Å². The summed E-state index contributed by atoms with van der Waals surface area (Å²) in [6.45, 7) is 1.92. The molecule has 0 saturated heterocycles. The molecule has 0 radical (unpaired) electrons. The van der Waals surface area contributed by atoms with Crippen LogP contribution in [-0.4, -0.2) is 24.7 Å². The highest BCUT2D eigenvalue weighted by molar-refractivity contribution is 6.17. The number of nitrogens with zero attached hydrogens (tertiary/aromatic N) is 1. The van der Waals surface area contributed by atoms with Crippen LogP contribution in [-0.2, 0) is 21.8 Å². The molecule has 0 unspecified atom stereocenters. The number of aromatic nitrogens is 1. The van der Waals surface area contributed by atoms with E-state index in [1.165, 1.54) is 13.3 Å². The number of methoxy groups -OCH3 is 1. The Kier molecular flexibility index (Phi) is 5.95. The minimum atomic E-state index is -2.77. The van der Waals surface area contributed by atoms with E-state index in [0.29, 0.717) is 11.1 Å². The van der Waals surface area contributed by atoms with Gasteiger partial charge in [0.1, 0.15) is 5.69 Å². The number of ether oxygens (including phenoxy) is 2. The predicted molar refractivity (Wildman–Crippen MR) is 65.6 cm³/mol. The van der Waals surface area contributed by atoms with Crippen molar-refractivity contribution >= 4 is 17.6 Å². The normalized spacial score (nSPS) is 10.6. The Bertz CT molecular complexity index is 455. The summed E-state index contributed by atoms with van der Waals surface area (Å²) < 4.78 is 35.3. The average molecular weight is 294 g/mol. The fourth-order valence-electron chi connectivity index (χ4n) is 1.63. The first-order valence-electron chi connectivity index (χ1n) is 5.59. The van der Waals surface area contributed by atoms with E-state index in [4.69, 9.17) is 21.1 Å². The van der Waals surface area contributed by atoms with E-state index in [-0.39, 0.29) is 24.7 Å². The fraction of sp³-hybridized carbons (Fsp3) is 0.500. The lowest BCUT2D eigenvalue weighted by molar-refractivity contribution is -0.142. The monoisotopic (exact) mass is 293 g/mol. The number of alkyl halides is 3. The third-order valence-electron chi connectivity index (χ3n) is 2.44. The maximum absolute atomic E-state index is 12.8. The summed E-state index contributed by atoms with van der Waals surface area (Å²) in [7, 11) is 1.26. The van der Waals surface area contributed by atoms with Gasteiger partial charge in [-0.15, -0.1) is 11.6 Å². The van der Waals surface area contributed by atoms with Gasteiger partial charge >= 0.3 is 5.97 Å². The summed E-state index contributed by atoms with van der Waals surface area (Å²) in [4.78, 5) is 15.0. The maximum atomic E-state index is 12.8. The Balaban J connectivity index is 3.16. The molecule has 1 heterocycles. The summed E-state index contributed by atoms with van der Waals surface area (Å²) in [5.41, 5.74) is 0.281. The van der Waals surface area contributed by atoms with Crippen LogP contribution < -0.4 is 4.74 Å². The molecule has 4 nitrogen and oxygen atoms in total. The average Bonchev–Trinajstić information content (AvgIpc) is 2.37. The van der Waals surface area contributed by atoms with E-state index in [2.05, 4.69) is 4.98 Å². The molecule has 1 aromatic rings. The van der Waals surface area contributed by atoms with Gasteiger partial charge < -0.3 is 9.47 Å². The summed E-state index contributed by atoms with van der Waals surface area (Å²) in [5, 5.41) is 0. The molecule has 1 rings (SSSR count). The number of pyridine rings is 1. The summed E-state index contributed by atoms with van der Waals surface area (Å²) in [6, 6.07) is 0. The van der Waals surface area contributed by atoms with E-state index in [1.54, 1.807) is 6.92 Å². The minimum absolute atomic E-state index is 0.0554. The second-order valence-corrected chi connectivity index (χ2v) is 3.86. The summed E-state index contributed by atoms with van der Waals surface area (Å²) in [5.74, 6) is -0.602. The van der Waals surface area contributed by atoms with E-state index in [1.807, 2.05) is 0 Å². The third kappa shape index (κ3) is 3.76. The zero-order valence-electron chi connectivity index (χ0n) is 10.6. The van der Waals surface area contributed by atoms with Gasteiger partial charge in [0.05, 0.1) is 26.0 Å². The second kappa shape index (κ2) is 7.23. The molecule has 106 valence electrons. The van der Waals surface area contributed by atoms with Crippen LogP contribution in [0, 0.1) is 0 Å². The first kappa shape index (κ1) is 15.6. The van der Waals surface area contributed by atoms with E-state index < -0.39 is 18.1 Å². The van der Waals surface area contributed by atoms with Crippen LogP contribution in [0.15, 0.2) is 6.20 Å². The van der Waals surface area contributed by atoms with Crippen LogP contribution in [0.25, 0.3) is 0 Å². The lowest BCUT2D eigenvalue weighted by Gasteiger charge is -2.14. The summed E-state index contributed by atoms with van der Waals surface area (Å²) in [6.07, 6.45) is -1.64. The van der Waals surface area contributed by atoms with Crippen molar-refractivity contribution in [2.24, 2.45) is 0 Å². The van der Waals surface area contributed by atoms with Gasteiger partial charge in [0.25, 0.3) is 6.43 Å². The highest BCUT2D eigenvalue weighted by Crippen LogP contribution is 2.33. The molecular formula is C12H14ClF2NO3. The number of hydrogen-bond acceptors (Lipinski definition) is 4. The summed E-state index contributed by atoms with van der Waals surface area (Å²) >= 11 is 5.75. The lowest BCUT2D eigenvalue weighted by Crippen LogP contribution is -2.11. The Hall–Kier alpha value is -1.43. The molecule has 0 atom stereocenters. The quantitative estimate of drug-likeness (QED) is 0.598. The second-order valence-electron chi connectivity index (χ2n) is 3.60. The van der Waals surface area contributed by atoms with Crippen LogP contribution in [0.4, 0.5) is 8.78 Å². The zero-order chi connectivity index (χ0) is 14.4. The Morgan fingerprint density at radius 2 is 2.21 bits per heavy atom. The molecule has 0 spiro atoms. The molecule has 0 saturated carbocycles. The lowest BCUT2D eigenvalue weighted by atomic mass is 10.1. The smallest absolute Gasteiger partial charge is 0.310 e. The molecule has 0 aliphatic heterocycles. The van der Waals surface area contributed by atoms with Crippen molar-refractivity contribution in [2.75, 3.05) is 13.7 Å². The van der Waals surface area contributed by atoms with Crippen molar-refractivity contribution in [1.82, 2.24) is 4.98 Å². The van der Waals surface area contributed by atoms with Crippen molar-refractivity contribution in [3.63, 3.8) is 0 Å². The zero-order valence-corrected chi connectivity index (χ0v) is 11.3. The Morgan fingerprint density at radius 1 is 1.53 bits per heavy atom. The molecule has 0 amide bonds. The number of rotatable bonds is 6. The van der Waals surface area contributed by atoms with Crippen molar-refractivity contribution in [3.05, 3.63) is 23.0 Å². The van der Waals surface area contributed by atoms with Crippen LogP contribution in [0.1, 0.15) is 30.2 Å². The predicted octanol–water partition coefficient (Wildman–Crippen LogP) is 2.87. The Morgan fingerprint density at radius 3 is 2.68 bits per heavy atom. The van der Waals surface area contributed by atoms with Gasteiger partial charge in [0.15, 0.2) is 5.75 Å². The fourth-order valence-corrected chi connectivity index (χ4v) is 1.93. The highest BCUT2D eigenvalue weighted by Gasteiger charge is 2.22. The molecule has 0 N–H and O–H groups in total. The first-order chi connectivity index (χ1) is 9.04. The van der Waals surface area contributed by atoms with Crippen LogP contribution >= 0.6 is 11.6 Å². The SMILES string of the molecule is CCOC(=O)Cc1cnc(C(F)F)c(OC)c1CCl. The topological polar surface area (TPSA) is 48.4 Å². The van der Waals surface area contributed by atoms with Gasteiger partial charge in [0, 0.05) is 11.8 Å². The van der Waals surface area contributed by atoms with Gasteiger partial charge in [-0.05, 0) is 12.5 Å². The van der Waals surface area contributed by atoms with E-state index >= 15 is 0 Å². The van der Waals surface area contributed by atoms with Crippen LogP contribution in [0.5, 0.6) is 5.75 Å². The highest BCUT2D eigenvalue weighted by atomic mass is 35.5. The molecule has 0 bridgehead atoms. The Labute approximate surface area is 114 Å². The van der Waals surface area contributed by atoms with Crippen molar-refractivity contribution in [2.45, 2.75) is 25.7 Å². The largest absolute Gasteiger partial charge is 0.494 e. The standard InChI is InChI=1S/C12H14ClF2NO3/c1-3-19-9(17)4-7-6-16-10(12(14)15)11(18-2)8(7)5-13/h6,12H,3-5H2,1-2H3. The van der Waals surface area contributed by atoms with Gasteiger partial charge in [-0.2, -0.15) is 0 Å². The number of carbonyl (C=O) groups excluding carboxylic acids is 1. The van der Waals surface area contributed by atoms with E-state index in [0.717, 1.165) is 0 Å². The maximum Gasteiger partial charge on any atom is 0.310 e. The molecular weight excluding hydrogens is 280 g/mol. The molecule has 0 fully saturated rings. The first-order valence-corrected chi connectivity index (χ1v) is 6.12. The van der Waals surface area contributed by atoms with Crippen LogP contribution in [0.3, 0.4) is 0 Å². The molecule has 1 aromatic heterocycles. The van der Waals surface area contributed by atoms with Crippen molar-refractivity contribution < 1.29 is 23.0 Å². The van der Waals surface area contributed by atoms with Gasteiger partial charge in [-0.1, -0.05) is 0 Å². The molecule has 7 heteroatoms. The van der Waals surface area contributed by atoms with Gasteiger partial charge in [-0.3, -0.25) is 9.78 Å². The minimum Gasteiger partial charge on any atom is -0.494 e. The molecule has 19 heavy (non-hydrogen) atoms. The van der Waals surface area contributed by atoms with E-state index in [9.17, 15) is 13.6 Å². The number of esters is 1. The van der Waals surface area contributed by atoms with Crippen molar-refractivity contribution in [1.29, 1.82) is 0 Å². The number of carbonyl (C=O) groups is 1. The van der Waals surface area contributed by atoms with Gasteiger partial charge in [-0.25, -0.2) is 8.78 Å². The number of hydrogen-bond donors (Lipinski definition) is 0. The molecule has 0 aliphatic rings.